The van der Waals surface area contributed by atoms with Gasteiger partial charge < -0.3 is 9.64 Å². The quantitative estimate of drug-likeness (QED) is 0.678. The number of carbonyl (C=O) groups is 2. The first-order chi connectivity index (χ1) is 13.2. The summed E-state index contributed by atoms with van der Waals surface area (Å²) in [5, 5.41) is 0. The molecule has 4 rings (SSSR count). The molecular weight excluding hydrogens is 378 g/mol. The van der Waals surface area contributed by atoms with Crippen molar-refractivity contribution in [1.29, 1.82) is 0 Å². The molecule has 6 nitrogen and oxygen atoms in total. The van der Waals surface area contributed by atoms with E-state index in [2.05, 4.69) is 0 Å². The molecule has 2 aliphatic heterocycles. The summed E-state index contributed by atoms with van der Waals surface area (Å²) in [5.41, 5.74) is 1.35. The Labute approximate surface area is 166 Å². The number of rotatable bonds is 6. The Morgan fingerprint density at radius 2 is 2.00 bits per heavy atom. The molecule has 1 aromatic rings. The largest absolute Gasteiger partial charge is 0.465 e. The van der Waals surface area contributed by atoms with Crippen molar-refractivity contribution in [3.63, 3.8) is 0 Å². The summed E-state index contributed by atoms with van der Waals surface area (Å²) in [4.78, 5) is 25.8. The van der Waals surface area contributed by atoms with Gasteiger partial charge in [0.25, 0.3) is 0 Å². The van der Waals surface area contributed by atoms with Gasteiger partial charge in [-0.3, -0.25) is 9.59 Å². The Morgan fingerprint density at radius 3 is 2.64 bits per heavy atom. The van der Waals surface area contributed by atoms with Crippen LogP contribution in [0.5, 0.6) is 0 Å². The summed E-state index contributed by atoms with van der Waals surface area (Å²) in [7, 11) is -3.17. The lowest BCUT2D eigenvalue weighted by Gasteiger charge is -2.59. The zero-order valence-corrected chi connectivity index (χ0v) is 17.0. The highest BCUT2D eigenvalue weighted by Crippen LogP contribution is 2.53. The van der Waals surface area contributed by atoms with E-state index < -0.39 is 9.84 Å². The van der Waals surface area contributed by atoms with E-state index in [0.717, 1.165) is 44.3 Å². The highest BCUT2D eigenvalue weighted by molar-refractivity contribution is 7.90. The van der Waals surface area contributed by atoms with Crippen LogP contribution in [-0.4, -0.2) is 51.1 Å². The van der Waals surface area contributed by atoms with Gasteiger partial charge in [-0.25, -0.2) is 8.42 Å². The molecule has 0 N–H and O–H groups in total. The van der Waals surface area contributed by atoms with Gasteiger partial charge in [0.1, 0.15) is 0 Å². The van der Waals surface area contributed by atoms with Crippen molar-refractivity contribution in [3.8, 4) is 0 Å². The lowest BCUT2D eigenvalue weighted by molar-refractivity contribution is -0.155. The Morgan fingerprint density at radius 1 is 1.25 bits per heavy atom. The second-order valence-corrected chi connectivity index (χ2v) is 11.0. The highest BCUT2D eigenvalue weighted by Gasteiger charge is 2.53. The van der Waals surface area contributed by atoms with E-state index in [1.807, 2.05) is 17.0 Å². The molecule has 0 bridgehead atoms. The number of sulfone groups is 1. The average Bonchev–Trinajstić information content (AvgIpc) is 2.98. The predicted molar refractivity (Wildman–Crippen MR) is 103 cm³/mol. The lowest BCUT2D eigenvalue weighted by Crippen LogP contribution is -2.63. The van der Waals surface area contributed by atoms with Gasteiger partial charge in [-0.1, -0.05) is 12.1 Å². The number of hydrogen-bond donors (Lipinski definition) is 0. The molecule has 3 aliphatic rings. The molecule has 1 aromatic carbocycles. The highest BCUT2D eigenvalue weighted by atomic mass is 32.2. The van der Waals surface area contributed by atoms with Crippen LogP contribution < -0.4 is 0 Å². The number of hydrogen-bond acceptors (Lipinski definition) is 5. The number of nitrogens with zero attached hydrogens (tertiary/aromatic N) is 1. The molecule has 0 unspecified atom stereocenters. The SMILES string of the molecule is CS(=O)(=O)c1cccc(CC2CC3(C2)CN(C(=O)CC[C@@H]2COC(=O)C2)C3)c1. The molecule has 0 radical (unpaired) electrons. The molecule has 1 saturated carbocycles. The zero-order chi connectivity index (χ0) is 19.9. The minimum absolute atomic E-state index is 0.150. The molecule has 1 atom stereocenters. The van der Waals surface area contributed by atoms with E-state index in [1.54, 1.807) is 12.1 Å². The smallest absolute Gasteiger partial charge is 0.306 e. The van der Waals surface area contributed by atoms with Crippen molar-refractivity contribution in [2.75, 3.05) is 26.0 Å². The third kappa shape index (κ3) is 4.09. The maximum atomic E-state index is 12.3. The second-order valence-electron chi connectivity index (χ2n) is 8.94. The van der Waals surface area contributed by atoms with Gasteiger partial charge in [0, 0.05) is 37.1 Å². The van der Waals surface area contributed by atoms with Crippen LogP contribution in [0.3, 0.4) is 0 Å². The molecule has 1 aliphatic carbocycles. The van der Waals surface area contributed by atoms with E-state index >= 15 is 0 Å². The molecule has 152 valence electrons. The fourth-order valence-electron chi connectivity index (χ4n) is 4.98. The van der Waals surface area contributed by atoms with Gasteiger partial charge in [-0.15, -0.1) is 0 Å². The normalized spacial score (nSPS) is 24.0. The molecule has 1 amide bonds. The van der Waals surface area contributed by atoms with E-state index in [4.69, 9.17) is 4.74 Å². The van der Waals surface area contributed by atoms with E-state index in [9.17, 15) is 18.0 Å². The Kier molecular flexibility index (Phi) is 4.98. The lowest BCUT2D eigenvalue weighted by atomic mass is 9.56. The van der Waals surface area contributed by atoms with Gasteiger partial charge in [-0.05, 0) is 49.3 Å². The maximum Gasteiger partial charge on any atom is 0.306 e. The Balaban J connectivity index is 1.20. The Bertz CT molecular complexity index is 880. The van der Waals surface area contributed by atoms with Gasteiger partial charge in [0.2, 0.25) is 5.91 Å². The van der Waals surface area contributed by atoms with Crippen molar-refractivity contribution in [3.05, 3.63) is 29.8 Å². The van der Waals surface area contributed by atoms with Crippen LogP contribution in [-0.2, 0) is 30.6 Å². The first-order valence-corrected chi connectivity index (χ1v) is 11.8. The number of benzene rings is 1. The second kappa shape index (κ2) is 7.17. The van der Waals surface area contributed by atoms with Gasteiger partial charge in [0.15, 0.2) is 9.84 Å². The van der Waals surface area contributed by atoms with Gasteiger partial charge >= 0.3 is 5.97 Å². The molecule has 1 spiro atoms. The van der Waals surface area contributed by atoms with Crippen molar-refractivity contribution in [2.24, 2.45) is 17.3 Å². The fourth-order valence-corrected chi connectivity index (χ4v) is 5.67. The monoisotopic (exact) mass is 405 g/mol. The van der Waals surface area contributed by atoms with Crippen molar-refractivity contribution in [1.82, 2.24) is 4.90 Å². The van der Waals surface area contributed by atoms with Crippen LogP contribution in [0.15, 0.2) is 29.2 Å². The third-order valence-electron chi connectivity index (χ3n) is 6.40. The van der Waals surface area contributed by atoms with Crippen LogP contribution >= 0.6 is 0 Å². The topological polar surface area (TPSA) is 80.8 Å². The minimum atomic E-state index is -3.17. The maximum absolute atomic E-state index is 12.3. The Hall–Kier alpha value is -1.89. The first kappa shape index (κ1) is 19.4. The summed E-state index contributed by atoms with van der Waals surface area (Å²) >= 11 is 0. The van der Waals surface area contributed by atoms with Crippen LogP contribution in [0, 0.1) is 17.3 Å². The number of amides is 1. The number of cyclic esters (lactones) is 1. The van der Waals surface area contributed by atoms with Crippen molar-refractivity contribution < 1.29 is 22.7 Å². The molecule has 0 aromatic heterocycles. The number of carbonyl (C=O) groups excluding carboxylic acids is 2. The summed E-state index contributed by atoms with van der Waals surface area (Å²) in [6.07, 6.45) is 6.01. The van der Waals surface area contributed by atoms with Crippen LogP contribution in [0.2, 0.25) is 0 Å². The van der Waals surface area contributed by atoms with Crippen LogP contribution in [0.25, 0.3) is 0 Å². The van der Waals surface area contributed by atoms with Crippen molar-refractivity contribution in [2.45, 2.75) is 43.4 Å². The van der Waals surface area contributed by atoms with Crippen LogP contribution in [0.4, 0.5) is 0 Å². The van der Waals surface area contributed by atoms with E-state index in [-0.39, 0.29) is 23.2 Å². The van der Waals surface area contributed by atoms with E-state index in [0.29, 0.717) is 30.3 Å². The minimum Gasteiger partial charge on any atom is -0.465 e. The number of esters is 1. The number of ether oxygens (including phenoxy) is 1. The zero-order valence-electron chi connectivity index (χ0n) is 16.2. The number of likely N-dealkylation sites (tertiary alicyclic amines) is 1. The molecule has 7 heteroatoms. The van der Waals surface area contributed by atoms with Crippen LogP contribution in [0.1, 0.15) is 37.7 Å². The third-order valence-corrected chi connectivity index (χ3v) is 7.51. The standard InChI is InChI=1S/C21H27NO5S/c1-28(25,26)18-4-2-3-15(8-18)7-17-10-21(11-17)13-22(14-21)19(23)6-5-16-9-20(24)27-12-16/h2-4,8,16-17H,5-7,9-14H2,1H3/t16-/m0/s1. The summed E-state index contributed by atoms with van der Waals surface area (Å²) in [5.74, 6) is 0.799. The molecular formula is C21H27NO5S. The molecule has 28 heavy (non-hydrogen) atoms. The van der Waals surface area contributed by atoms with Crippen molar-refractivity contribution >= 4 is 21.7 Å². The molecule has 2 saturated heterocycles. The average molecular weight is 406 g/mol. The summed E-state index contributed by atoms with van der Waals surface area (Å²) in [6, 6.07) is 7.24. The predicted octanol–water partition coefficient (Wildman–Crippen LogP) is 2.21. The summed E-state index contributed by atoms with van der Waals surface area (Å²) < 4.78 is 28.4. The summed E-state index contributed by atoms with van der Waals surface area (Å²) in [6.45, 7) is 2.13. The fraction of sp³-hybridized carbons (Fsp3) is 0.619. The van der Waals surface area contributed by atoms with E-state index in [1.165, 1.54) is 6.26 Å². The first-order valence-electron chi connectivity index (χ1n) is 9.95. The van der Waals surface area contributed by atoms with Gasteiger partial charge in [-0.2, -0.15) is 0 Å². The molecule has 2 heterocycles. The van der Waals surface area contributed by atoms with Gasteiger partial charge in [0.05, 0.1) is 17.9 Å². The molecule has 3 fully saturated rings.